The molecule has 0 bridgehead atoms. The SMILES string of the molecule is O=C(CC[p+]1cccpp1)[p+]1cccpp1. The third kappa shape index (κ3) is 4.17. The van der Waals surface area contributed by atoms with Crippen LogP contribution in [0.3, 0.4) is 0 Å². The third-order valence-electron chi connectivity index (χ3n) is 1.92. The second kappa shape index (κ2) is 7.20. The Kier molecular flexibility index (Phi) is 5.91. The normalized spacial score (nSPS) is 14.2. The molecular weight excluding hydrogens is 310 g/mol. The molecule has 0 aliphatic rings. The van der Waals surface area contributed by atoms with Crippen LogP contribution in [0, 0.1) is 0 Å². The highest BCUT2D eigenvalue weighted by molar-refractivity contribution is 8.26. The smallest absolute Gasteiger partial charge is 0.260 e. The number of carbonyl (C=O) groups is 1. The summed E-state index contributed by atoms with van der Waals surface area (Å²) >= 11 is 0. The van der Waals surface area contributed by atoms with E-state index in [9.17, 15) is 4.79 Å². The Labute approximate surface area is 103 Å². The molecule has 2 aromatic heterocycles. The van der Waals surface area contributed by atoms with Crippen LogP contribution in [0.4, 0.5) is 0 Å². The molecule has 2 heterocycles. The molecule has 2 unspecified atom stereocenters. The van der Waals surface area contributed by atoms with E-state index < -0.39 is 7.21 Å². The van der Waals surface area contributed by atoms with Crippen molar-refractivity contribution in [3.63, 3.8) is 0 Å². The average Bonchev–Trinajstić information content (AvgIpc) is 2.38. The molecule has 2 aromatic rings. The second-order valence-corrected chi connectivity index (χ2v) is 16.1. The van der Waals surface area contributed by atoms with Crippen molar-refractivity contribution in [3.8, 4) is 0 Å². The molecule has 2 rings (SSSR count). The average molecular weight is 320 g/mol. The van der Waals surface area contributed by atoms with E-state index in [4.69, 9.17) is 0 Å². The molecule has 0 saturated heterocycles. The lowest BCUT2D eigenvalue weighted by molar-refractivity contribution is 0.104. The van der Waals surface area contributed by atoms with Crippen LogP contribution in [0.1, 0.15) is 11.2 Å². The summed E-state index contributed by atoms with van der Waals surface area (Å²) in [4.78, 5) is 12.0. The molecular formula is C9H10OP6+2. The van der Waals surface area contributed by atoms with E-state index >= 15 is 0 Å². The van der Waals surface area contributed by atoms with Gasteiger partial charge >= 0.3 is 0 Å². The first-order chi connectivity index (χ1) is 7.86. The van der Waals surface area contributed by atoms with Crippen molar-refractivity contribution in [2.75, 3.05) is 0 Å². The molecule has 0 amide bonds. The van der Waals surface area contributed by atoms with Crippen LogP contribution in [0.15, 0.2) is 35.3 Å². The Morgan fingerprint density at radius 3 is 2.44 bits per heavy atom. The van der Waals surface area contributed by atoms with Crippen LogP contribution >= 0.6 is 45.3 Å². The van der Waals surface area contributed by atoms with Crippen molar-refractivity contribution in [2.24, 2.45) is 0 Å². The fourth-order valence-electron chi connectivity index (χ4n) is 1.15. The van der Waals surface area contributed by atoms with Gasteiger partial charge in [0.2, 0.25) is 15.1 Å². The van der Waals surface area contributed by atoms with E-state index in [1.54, 1.807) is 0 Å². The fraction of sp³-hybridized carbons (Fsp3) is 0.222. The maximum Gasteiger partial charge on any atom is 0.260 e. The second-order valence-electron chi connectivity index (χ2n) is 3.04. The first-order valence-electron chi connectivity index (χ1n) is 4.76. The van der Waals surface area contributed by atoms with E-state index in [2.05, 4.69) is 35.3 Å². The molecule has 0 radical (unpaired) electrons. The molecule has 0 N–H and O–H groups in total. The van der Waals surface area contributed by atoms with Crippen molar-refractivity contribution >= 4 is 50.8 Å². The number of rotatable bonds is 4. The topological polar surface area (TPSA) is 17.1 Å². The lowest BCUT2D eigenvalue weighted by atomic mass is 10.5. The summed E-state index contributed by atoms with van der Waals surface area (Å²) in [6, 6.07) is 4.21. The summed E-state index contributed by atoms with van der Waals surface area (Å²) in [5.41, 5.74) is 0.492. The maximum absolute atomic E-state index is 12.0. The van der Waals surface area contributed by atoms with Gasteiger partial charge in [-0.05, 0) is 12.1 Å². The van der Waals surface area contributed by atoms with Crippen LogP contribution in [-0.4, -0.2) is 5.52 Å². The summed E-state index contributed by atoms with van der Waals surface area (Å²) in [5.74, 6) is 8.72. The molecule has 0 aliphatic carbocycles. The predicted molar refractivity (Wildman–Crippen MR) is 82.4 cm³/mol. The molecule has 0 fully saturated rings. The van der Waals surface area contributed by atoms with Gasteiger partial charge in [-0.15, -0.1) is 0 Å². The molecule has 0 aliphatic heterocycles. The Balaban J connectivity index is 1.95. The van der Waals surface area contributed by atoms with Crippen molar-refractivity contribution in [1.82, 2.24) is 0 Å². The minimum absolute atomic E-state index is 0.0249. The van der Waals surface area contributed by atoms with Crippen LogP contribution in [0.25, 0.3) is 0 Å². The van der Waals surface area contributed by atoms with Gasteiger partial charge in [0.15, 0.2) is 15.7 Å². The lowest BCUT2D eigenvalue weighted by Gasteiger charge is -1.90. The summed E-state index contributed by atoms with van der Waals surface area (Å²) < 4.78 is 0. The monoisotopic (exact) mass is 320 g/mol. The Morgan fingerprint density at radius 2 is 1.81 bits per heavy atom. The Morgan fingerprint density at radius 1 is 1.06 bits per heavy atom. The summed E-state index contributed by atoms with van der Waals surface area (Å²) in [6.45, 7) is 0. The summed E-state index contributed by atoms with van der Waals surface area (Å²) in [5, 5.41) is 0. The summed E-state index contributed by atoms with van der Waals surface area (Å²) in [7, 11) is 4.99. The van der Waals surface area contributed by atoms with Crippen molar-refractivity contribution < 1.29 is 4.79 Å². The number of hydrogen-bond donors (Lipinski definition) is 0. The molecule has 80 valence electrons. The maximum atomic E-state index is 12.0. The quantitative estimate of drug-likeness (QED) is 0.579. The first kappa shape index (κ1) is 13.1. The molecule has 0 aromatic carbocycles. The van der Waals surface area contributed by atoms with E-state index in [-0.39, 0.29) is 7.21 Å². The highest BCUT2D eigenvalue weighted by Gasteiger charge is 2.15. The molecule has 0 spiro atoms. The van der Waals surface area contributed by atoms with E-state index in [0.29, 0.717) is 5.52 Å². The molecule has 2 atom stereocenters. The standard InChI is InChI=1S/C9H10OP6/c10-9(16-7-2-5-12-14-16)3-8-15-6-1-4-11-13-15/h1-2,4-7H,3,8H2/q+2. The van der Waals surface area contributed by atoms with E-state index in [1.807, 2.05) is 0 Å². The zero-order valence-electron chi connectivity index (χ0n) is 8.47. The lowest BCUT2D eigenvalue weighted by Crippen LogP contribution is -1.85. The number of aryl methyl sites for hydroxylation is 1. The molecule has 16 heavy (non-hydrogen) atoms. The van der Waals surface area contributed by atoms with Gasteiger partial charge in [0, 0.05) is 5.80 Å². The third-order valence-corrected chi connectivity index (χ3v) is 16.0. The van der Waals surface area contributed by atoms with Crippen LogP contribution in [-0.2, 0) is 6.16 Å². The van der Waals surface area contributed by atoms with Gasteiger partial charge < -0.3 is 0 Å². The highest BCUT2D eigenvalue weighted by atomic mass is 32.2. The fourth-order valence-corrected chi connectivity index (χ4v) is 13.8. The van der Waals surface area contributed by atoms with Gasteiger partial charge in [-0.25, -0.2) is 0 Å². The minimum Gasteiger partial charge on any atom is -0.267 e. The van der Waals surface area contributed by atoms with Gasteiger partial charge in [-0.2, -0.15) is 0 Å². The Bertz CT molecular complexity index is 460. The zero-order chi connectivity index (χ0) is 11.2. The molecule has 0 saturated carbocycles. The Hall–Kier alpha value is 0.690. The molecule has 7 heteroatoms. The highest BCUT2D eigenvalue weighted by Crippen LogP contribution is 2.48. The van der Waals surface area contributed by atoms with Gasteiger partial charge in [0.05, 0.1) is 37.2 Å². The number of hydrogen-bond acceptors (Lipinski definition) is 1. The predicted octanol–water partition coefficient (Wildman–Crippen LogP) is 7.27. The van der Waals surface area contributed by atoms with Gasteiger partial charge in [0.1, 0.15) is 7.21 Å². The van der Waals surface area contributed by atoms with Crippen molar-refractivity contribution in [3.05, 3.63) is 35.3 Å². The van der Waals surface area contributed by atoms with Crippen LogP contribution in [0.5, 0.6) is 0 Å². The van der Waals surface area contributed by atoms with E-state index in [1.165, 1.54) is 30.8 Å². The minimum atomic E-state index is -0.478. The van der Waals surface area contributed by atoms with Gasteiger partial charge in [-0.3, -0.25) is 4.79 Å². The molecule has 1 nitrogen and oxygen atoms in total. The van der Waals surface area contributed by atoms with Crippen LogP contribution in [0.2, 0.25) is 0 Å². The van der Waals surface area contributed by atoms with Crippen molar-refractivity contribution in [2.45, 2.75) is 12.6 Å². The first-order valence-corrected chi connectivity index (χ1v) is 14.3. The van der Waals surface area contributed by atoms with Gasteiger partial charge in [-0.1, -0.05) is 0 Å². The largest absolute Gasteiger partial charge is 0.267 e. The van der Waals surface area contributed by atoms with Crippen LogP contribution < -0.4 is 0 Å². The van der Waals surface area contributed by atoms with Gasteiger partial charge in [0.25, 0.3) is 5.52 Å². The van der Waals surface area contributed by atoms with E-state index in [0.717, 1.165) is 12.6 Å². The zero-order valence-corrected chi connectivity index (χ0v) is 13.8. The summed E-state index contributed by atoms with van der Waals surface area (Å²) in [6.07, 6.45) is 1.88. The number of carbonyl (C=O) groups excluding carboxylic acids is 1. The van der Waals surface area contributed by atoms with Crippen molar-refractivity contribution in [1.29, 1.82) is 0 Å².